The van der Waals surface area contributed by atoms with Crippen LogP contribution in [0.4, 0.5) is 5.69 Å². The van der Waals surface area contributed by atoms with Gasteiger partial charge in [-0.15, -0.1) is 10.2 Å². The zero-order valence-electron chi connectivity index (χ0n) is 17.9. The molecule has 32 heavy (non-hydrogen) atoms. The first-order valence-electron chi connectivity index (χ1n) is 10.7. The Morgan fingerprint density at radius 2 is 1.84 bits per heavy atom. The molecule has 1 aromatic heterocycles. The SMILES string of the molecule is Cn1c(COc2cccc3ccccc23)nnc1SCC(=O)N1CCCc2ccccc21. The van der Waals surface area contributed by atoms with Crippen LogP contribution in [-0.4, -0.2) is 33.0 Å². The van der Waals surface area contributed by atoms with Crippen LogP contribution in [-0.2, 0) is 24.9 Å². The molecule has 0 unspecified atom stereocenters. The van der Waals surface area contributed by atoms with E-state index in [1.165, 1.54) is 17.3 Å². The molecule has 0 radical (unpaired) electrons. The van der Waals surface area contributed by atoms with Crippen molar-refractivity contribution >= 4 is 34.1 Å². The second kappa shape index (κ2) is 9.04. The van der Waals surface area contributed by atoms with E-state index >= 15 is 0 Å². The molecule has 5 rings (SSSR count). The number of aryl methyl sites for hydroxylation is 1. The number of benzene rings is 3. The highest BCUT2D eigenvalue weighted by Gasteiger charge is 2.23. The van der Waals surface area contributed by atoms with Crippen LogP contribution >= 0.6 is 11.8 Å². The number of ether oxygens (including phenoxy) is 1. The Bertz CT molecular complexity index is 1260. The lowest BCUT2D eigenvalue weighted by Gasteiger charge is -2.29. The Morgan fingerprint density at radius 3 is 2.78 bits per heavy atom. The van der Waals surface area contributed by atoms with E-state index < -0.39 is 0 Å². The Labute approximate surface area is 191 Å². The predicted molar refractivity (Wildman–Crippen MR) is 127 cm³/mol. The summed E-state index contributed by atoms with van der Waals surface area (Å²) in [6.45, 7) is 1.07. The number of nitrogens with zero attached hydrogens (tertiary/aromatic N) is 4. The molecule has 0 aliphatic carbocycles. The van der Waals surface area contributed by atoms with Gasteiger partial charge in [0.05, 0.1) is 5.75 Å². The second-order valence-electron chi connectivity index (χ2n) is 7.79. The van der Waals surface area contributed by atoms with Gasteiger partial charge in [-0.3, -0.25) is 4.79 Å². The third-order valence-electron chi connectivity index (χ3n) is 5.77. The number of hydrogen-bond acceptors (Lipinski definition) is 5. The molecule has 0 saturated heterocycles. The summed E-state index contributed by atoms with van der Waals surface area (Å²) in [4.78, 5) is 14.8. The number of hydrogen-bond donors (Lipinski definition) is 0. The van der Waals surface area contributed by atoms with Crippen molar-refractivity contribution < 1.29 is 9.53 Å². The summed E-state index contributed by atoms with van der Waals surface area (Å²) < 4.78 is 7.95. The van der Waals surface area contributed by atoms with Gasteiger partial charge in [-0.1, -0.05) is 66.4 Å². The van der Waals surface area contributed by atoms with Gasteiger partial charge in [-0.25, -0.2) is 0 Å². The highest BCUT2D eigenvalue weighted by molar-refractivity contribution is 7.99. The summed E-state index contributed by atoms with van der Waals surface area (Å²) >= 11 is 1.41. The van der Waals surface area contributed by atoms with Crippen LogP contribution in [0, 0.1) is 0 Å². The summed E-state index contributed by atoms with van der Waals surface area (Å²) in [6.07, 6.45) is 2.02. The maximum Gasteiger partial charge on any atom is 0.237 e. The predicted octanol–water partition coefficient (Wildman–Crippen LogP) is 4.62. The number of fused-ring (bicyclic) bond motifs is 2. The Kier molecular flexibility index (Phi) is 5.81. The molecule has 2 heterocycles. The van der Waals surface area contributed by atoms with Crippen LogP contribution in [0.5, 0.6) is 5.75 Å². The van der Waals surface area contributed by atoms with Crippen molar-refractivity contribution in [3.05, 3.63) is 78.1 Å². The number of carbonyl (C=O) groups excluding carboxylic acids is 1. The summed E-state index contributed by atoms with van der Waals surface area (Å²) in [5, 5.41) is 11.5. The number of rotatable bonds is 6. The first-order valence-corrected chi connectivity index (χ1v) is 11.7. The van der Waals surface area contributed by atoms with Gasteiger partial charge in [0.2, 0.25) is 5.91 Å². The largest absolute Gasteiger partial charge is 0.485 e. The fourth-order valence-electron chi connectivity index (χ4n) is 4.06. The van der Waals surface area contributed by atoms with Crippen LogP contribution < -0.4 is 9.64 Å². The molecule has 7 heteroatoms. The number of para-hydroxylation sites is 1. The van der Waals surface area contributed by atoms with E-state index in [1.54, 1.807) is 0 Å². The van der Waals surface area contributed by atoms with Gasteiger partial charge in [0, 0.05) is 24.7 Å². The number of thioether (sulfide) groups is 1. The van der Waals surface area contributed by atoms with Gasteiger partial charge in [0.1, 0.15) is 12.4 Å². The van der Waals surface area contributed by atoms with Crippen molar-refractivity contribution in [2.75, 3.05) is 17.2 Å². The zero-order valence-corrected chi connectivity index (χ0v) is 18.7. The average molecular weight is 445 g/mol. The fraction of sp³-hybridized carbons (Fsp3) is 0.240. The first kappa shape index (κ1) is 20.6. The smallest absolute Gasteiger partial charge is 0.237 e. The molecule has 0 fully saturated rings. The van der Waals surface area contributed by atoms with Crippen molar-refractivity contribution in [3.63, 3.8) is 0 Å². The summed E-state index contributed by atoms with van der Waals surface area (Å²) in [5.41, 5.74) is 2.27. The van der Waals surface area contributed by atoms with Crippen molar-refractivity contribution in [1.29, 1.82) is 0 Å². The Morgan fingerprint density at radius 1 is 1.03 bits per heavy atom. The van der Waals surface area contributed by atoms with Crippen LogP contribution in [0.25, 0.3) is 10.8 Å². The topological polar surface area (TPSA) is 60.2 Å². The van der Waals surface area contributed by atoms with E-state index in [4.69, 9.17) is 4.74 Å². The van der Waals surface area contributed by atoms with Crippen LogP contribution in [0.3, 0.4) is 0 Å². The molecule has 0 atom stereocenters. The molecule has 1 aliphatic rings. The lowest BCUT2D eigenvalue weighted by molar-refractivity contribution is -0.116. The minimum absolute atomic E-state index is 0.0960. The number of amides is 1. The van der Waals surface area contributed by atoms with E-state index in [9.17, 15) is 4.79 Å². The van der Waals surface area contributed by atoms with Gasteiger partial charge >= 0.3 is 0 Å². The molecular weight excluding hydrogens is 420 g/mol. The van der Waals surface area contributed by atoms with E-state index in [0.29, 0.717) is 17.5 Å². The van der Waals surface area contributed by atoms with E-state index in [2.05, 4.69) is 28.4 Å². The van der Waals surface area contributed by atoms with Crippen molar-refractivity contribution in [1.82, 2.24) is 14.8 Å². The Balaban J connectivity index is 1.23. The zero-order chi connectivity index (χ0) is 21.9. The van der Waals surface area contributed by atoms with Gasteiger partial charge in [0.25, 0.3) is 0 Å². The van der Waals surface area contributed by atoms with E-state index in [-0.39, 0.29) is 5.91 Å². The molecule has 1 aliphatic heterocycles. The number of anilines is 1. The fourth-order valence-corrected chi connectivity index (χ4v) is 4.86. The number of carbonyl (C=O) groups is 1. The number of aromatic nitrogens is 3. The highest BCUT2D eigenvalue weighted by atomic mass is 32.2. The summed E-state index contributed by atoms with van der Waals surface area (Å²) in [6, 6.07) is 22.3. The molecule has 162 valence electrons. The highest BCUT2D eigenvalue weighted by Crippen LogP contribution is 2.29. The van der Waals surface area contributed by atoms with Crippen molar-refractivity contribution in [2.45, 2.75) is 24.6 Å². The van der Waals surface area contributed by atoms with Gasteiger partial charge in [-0.05, 0) is 35.9 Å². The normalized spacial score (nSPS) is 13.2. The minimum atomic E-state index is 0.0960. The molecule has 1 amide bonds. The molecule has 0 spiro atoms. The molecule has 6 nitrogen and oxygen atoms in total. The van der Waals surface area contributed by atoms with Crippen LogP contribution in [0.2, 0.25) is 0 Å². The first-order chi connectivity index (χ1) is 15.7. The lowest BCUT2D eigenvalue weighted by atomic mass is 10.0. The van der Waals surface area contributed by atoms with E-state index in [1.807, 2.05) is 65.0 Å². The van der Waals surface area contributed by atoms with Gasteiger partial charge in [-0.2, -0.15) is 0 Å². The van der Waals surface area contributed by atoms with Crippen LogP contribution in [0.15, 0.2) is 71.9 Å². The van der Waals surface area contributed by atoms with Crippen molar-refractivity contribution in [3.8, 4) is 5.75 Å². The van der Waals surface area contributed by atoms with Gasteiger partial charge in [0.15, 0.2) is 11.0 Å². The van der Waals surface area contributed by atoms with Crippen molar-refractivity contribution in [2.24, 2.45) is 7.05 Å². The molecule has 0 saturated carbocycles. The van der Waals surface area contributed by atoms with Gasteiger partial charge < -0.3 is 14.2 Å². The monoisotopic (exact) mass is 444 g/mol. The maximum atomic E-state index is 12.9. The molecule has 4 aromatic rings. The molecule has 3 aromatic carbocycles. The minimum Gasteiger partial charge on any atom is -0.485 e. The molecule has 0 N–H and O–H groups in total. The maximum absolute atomic E-state index is 12.9. The quantitative estimate of drug-likeness (QED) is 0.406. The standard InChI is InChI=1S/C25H24N4O2S/c1-28-23(16-31-22-14-6-10-18-8-2-4-12-20(18)22)26-27-25(28)32-17-24(30)29-15-7-11-19-9-3-5-13-21(19)29/h2-6,8-10,12-14H,7,11,15-17H2,1H3. The third-order valence-corrected chi connectivity index (χ3v) is 6.77. The summed E-state index contributed by atoms with van der Waals surface area (Å²) in [5.74, 6) is 1.96. The third kappa shape index (κ3) is 4.08. The Hall–Kier alpha value is -3.32. The molecular formula is C25H24N4O2S. The average Bonchev–Trinajstić information content (AvgIpc) is 3.20. The second-order valence-corrected chi connectivity index (χ2v) is 8.73. The lowest BCUT2D eigenvalue weighted by Crippen LogP contribution is -2.36. The molecule has 0 bridgehead atoms. The summed E-state index contributed by atoms with van der Waals surface area (Å²) in [7, 11) is 1.91. The van der Waals surface area contributed by atoms with Crippen LogP contribution in [0.1, 0.15) is 17.8 Å². The van der Waals surface area contributed by atoms with E-state index in [0.717, 1.165) is 47.4 Å².